The van der Waals surface area contributed by atoms with Crippen molar-refractivity contribution in [2.45, 2.75) is 6.92 Å². The van der Waals surface area contributed by atoms with Crippen molar-refractivity contribution in [3.8, 4) is 5.69 Å². The SMILES string of the molecule is Cc1nc2ccccc2n1-c1ccc(I)cc1. The first kappa shape index (κ1) is 10.8. The monoisotopic (exact) mass is 334 g/mol. The number of aryl methyl sites for hydroxylation is 1. The zero-order valence-electron chi connectivity index (χ0n) is 9.39. The Morgan fingerprint density at radius 3 is 2.47 bits per heavy atom. The third-order valence-electron chi connectivity index (χ3n) is 2.81. The van der Waals surface area contributed by atoms with Crippen molar-refractivity contribution in [3.63, 3.8) is 0 Å². The van der Waals surface area contributed by atoms with Crippen LogP contribution in [0, 0.1) is 10.5 Å². The molecule has 3 aromatic rings. The van der Waals surface area contributed by atoms with E-state index in [-0.39, 0.29) is 0 Å². The summed E-state index contributed by atoms with van der Waals surface area (Å²) >= 11 is 2.32. The first-order valence-electron chi connectivity index (χ1n) is 5.46. The molecule has 1 heterocycles. The molecule has 0 radical (unpaired) electrons. The summed E-state index contributed by atoms with van der Waals surface area (Å²) < 4.78 is 3.43. The van der Waals surface area contributed by atoms with E-state index in [1.165, 1.54) is 3.57 Å². The number of hydrogen-bond acceptors (Lipinski definition) is 1. The highest BCUT2D eigenvalue weighted by Gasteiger charge is 2.07. The van der Waals surface area contributed by atoms with Crippen LogP contribution in [0.5, 0.6) is 0 Å². The highest BCUT2D eigenvalue weighted by atomic mass is 127. The first-order chi connectivity index (χ1) is 8.25. The van der Waals surface area contributed by atoms with Crippen molar-refractivity contribution in [2.75, 3.05) is 0 Å². The van der Waals surface area contributed by atoms with Gasteiger partial charge in [-0.05, 0) is 65.9 Å². The Bertz CT molecular complexity index is 668. The number of nitrogens with zero attached hydrogens (tertiary/aromatic N) is 2. The van der Waals surface area contributed by atoms with Crippen LogP contribution in [0.2, 0.25) is 0 Å². The van der Waals surface area contributed by atoms with Crippen LogP contribution in [0.1, 0.15) is 5.82 Å². The molecule has 0 aliphatic heterocycles. The lowest BCUT2D eigenvalue weighted by atomic mass is 10.3. The molecule has 0 aliphatic carbocycles. The van der Waals surface area contributed by atoms with Gasteiger partial charge in [0.25, 0.3) is 0 Å². The molecule has 2 aromatic carbocycles. The first-order valence-corrected chi connectivity index (χ1v) is 6.53. The maximum atomic E-state index is 4.57. The summed E-state index contributed by atoms with van der Waals surface area (Å²) in [6, 6.07) is 16.7. The minimum Gasteiger partial charge on any atom is -0.297 e. The fraction of sp³-hybridized carbons (Fsp3) is 0.0714. The maximum absolute atomic E-state index is 4.57. The smallest absolute Gasteiger partial charge is 0.111 e. The number of para-hydroxylation sites is 2. The molecule has 0 bridgehead atoms. The molecule has 0 atom stereocenters. The second kappa shape index (κ2) is 4.14. The lowest BCUT2D eigenvalue weighted by molar-refractivity contribution is 1.00. The molecule has 0 unspecified atom stereocenters. The Hall–Kier alpha value is -1.36. The Kier molecular flexibility index (Phi) is 2.63. The lowest BCUT2D eigenvalue weighted by Gasteiger charge is -2.06. The van der Waals surface area contributed by atoms with Gasteiger partial charge >= 0.3 is 0 Å². The van der Waals surface area contributed by atoms with Crippen molar-refractivity contribution >= 4 is 33.6 Å². The maximum Gasteiger partial charge on any atom is 0.111 e. The Morgan fingerprint density at radius 1 is 1.00 bits per heavy atom. The summed E-state index contributed by atoms with van der Waals surface area (Å²) in [6.45, 7) is 2.04. The summed E-state index contributed by atoms with van der Waals surface area (Å²) in [4.78, 5) is 4.57. The largest absolute Gasteiger partial charge is 0.297 e. The molecule has 0 fully saturated rings. The standard InChI is InChI=1S/C14H11IN2/c1-10-16-13-4-2-3-5-14(13)17(10)12-8-6-11(15)7-9-12/h2-9H,1H3. The Balaban J connectivity index is 2.29. The van der Waals surface area contributed by atoms with E-state index >= 15 is 0 Å². The predicted molar refractivity (Wildman–Crippen MR) is 78.5 cm³/mol. The van der Waals surface area contributed by atoms with Gasteiger partial charge in [-0.2, -0.15) is 0 Å². The molecule has 0 saturated heterocycles. The average Bonchev–Trinajstić information content (AvgIpc) is 2.66. The van der Waals surface area contributed by atoms with Crippen LogP contribution in [-0.2, 0) is 0 Å². The zero-order chi connectivity index (χ0) is 11.8. The third kappa shape index (κ3) is 1.84. The van der Waals surface area contributed by atoms with Crippen molar-refractivity contribution < 1.29 is 0 Å². The molecule has 0 spiro atoms. The molecule has 2 nitrogen and oxygen atoms in total. The molecule has 0 amide bonds. The summed E-state index contributed by atoms with van der Waals surface area (Å²) in [5, 5.41) is 0. The van der Waals surface area contributed by atoms with Crippen LogP contribution in [-0.4, -0.2) is 9.55 Å². The number of imidazole rings is 1. The highest BCUT2D eigenvalue weighted by molar-refractivity contribution is 14.1. The van der Waals surface area contributed by atoms with Crippen molar-refractivity contribution in [1.29, 1.82) is 0 Å². The molecule has 3 rings (SSSR count). The Labute approximate surface area is 113 Å². The highest BCUT2D eigenvalue weighted by Crippen LogP contribution is 2.21. The molecular formula is C14H11IN2. The van der Waals surface area contributed by atoms with Gasteiger partial charge in [0.05, 0.1) is 11.0 Å². The van der Waals surface area contributed by atoms with Gasteiger partial charge < -0.3 is 0 Å². The normalized spacial score (nSPS) is 10.9. The molecular weight excluding hydrogens is 323 g/mol. The number of rotatable bonds is 1. The zero-order valence-corrected chi connectivity index (χ0v) is 11.5. The van der Waals surface area contributed by atoms with E-state index in [0.29, 0.717) is 0 Å². The van der Waals surface area contributed by atoms with Crippen LogP contribution in [0.25, 0.3) is 16.7 Å². The van der Waals surface area contributed by atoms with Gasteiger partial charge in [0.15, 0.2) is 0 Å². The van der Waals surface area contributed by atoms with Crippen molar-refractivity contribution in [1.82, 2.24) is 9.55 Å². The fourth-order valence-corrected chi connectivity index (χ4v) is 2.42. The van der Waals surface area contributed by atoms with Gasteiger partial charge in [0.1, 0.15) is 5.82 Å². The fourth-order valence-electron chi connectivity index (χ4n) is 2.06. The minimum absolute atomic E-state index is 1.02. The number of benzene rings is 2. The van der Waals surface area contributed by atoms with E-state index in [4.69, 9.17) is 0 Å². The Morgan fingerprint density at radius 2 is 1.71 bits per heavy atom. The third-order valence-corrected chi connectivity index (χ3v) is 3.53. The van der Waals surface area contributed by atoms with E-state index < -0.39 is 0 Å². The molecule has 0 N–H and O–H groups in total. The van der Waals surface area contributed by atoms with Crippen LogP contribution < -0.4 is 0 Å². The van der Waals surface area contributed by atoms with Gasteiger partial charge in [-0.1, -0.05) is 12.1 Å². The van der Waals surface area contributed by atoms with Crippen LogP contribution >= 0.6 is 22.6 Å². The van der Waals surface area contributed by atoms with E-state index in [9.17, 15) is 0 Å². The van der Waals surface area contributed by atoms with Gasteiger partial charge in [-0.15, -0.1) is 0 Å². The summed E-state index contributed by atoms with van der Waals surface area (Å²) in [5.74, 6) is 1.02. The molecule has 3 heteroatoms. The second-order valence-corrected chi connectivity index (χ2v) is 5.21. The average molecular weight is 334 g/mol. The van der Waals surface area contributed by atoms with E-state index in [1.807, 2.05) is 25.1 Å². The van der Waals surface area contributed by atoms with E-state index in [1.54, 1.807) is 0 Å². The quantitative estimate of drug-likeness (QED) is 0.617. The molecule has 0 aliphatic rings. The van der Waals surface area contributed by atoms with Gasteiger partial charge in [-0.3, -0.25) is 4.57 Å². The number of hydrogen-bond donors (Lipinski definition) is 0. The number of aromatic nitrogens is 2. The van der Waals surface area contributed by atoms with Gasteiger partial charge in [0, 0.05) is 9.26 Å². The number of fused-ring (bicyclic) bond motifs is 1. The second-order valence-electron chi connectivity index (χ2n) is 3.96. The summed E-state index contributed by atoms with van der Waals surface area (Å²) in [6.07, 6.45) is 0. The number of halogens is 1. The molecule has 0 saturated carbocycles. The summed E-state index contributed by atoms with van der Waals surface area (Å²) in [5.41, 5.74) is 3.37. The van der Waals surface area contributed by atoms with Crippen molar-refractivity contribution in [3.05, 3.63) is 57.9 Å². The molecule has 84 valence electrons. The van der Waals surface area contributed by atoms with E-state index in [2.05, 4.69) is 62.5 Å². The van der Waals surface area contributed by atoms with Gasteiger partial charge in [0.2, 0.25) is 0 Å². The minimum atomic E-state index is 1.02. The molecule has 17 heavy (non-hydrogen) atoms. The van der Waals surface area contributed by atoms with Crippen LogP contribution in [0.15, 0.2) is 48.5 Å². The van der Waals surface area contributed by atoms with Crippen molar-refractivity contribution in [2.24, 2.45) is 0 Å². The van der Waals surface area contributed by atoms with Crippen LogP contribution in [0.3, 0.4) is 0 Å². The van der Waals surface area contributed by atoms with Crippen LogP contribution in [0.4, 0.5) is 0 Å². The molecule has 1 aromatic heterocycles. The lowest BCUT2D eigenvalue weighted by Crippen LogP contribution is -1.96. The van der Waals surface area contributed by atoms with Gasteiger partial charge in [-0.25, -0.2) is 4.98 Å². The topological polar surface area (TPSA) is 17.8 Å². The predicted octanol–water partition coefficient (Wildman–Crippen LogP) is 3.94. The summed E-state index contributed by atoms with van der Waals surface area (Å²) in [7, 11) is 0. The van der Waals surface area contributed by atoms with E-state index in [0.717, 1.165) is 22.5 Å².